The summed E-state index contributed by atoms with van der Waals surface area (Å²) in [6.07, 6.45) is 12.5. The zero-order valence-corrected chi connectivity index (χ0v) is 14.4. The van der Waals surface area contributed by atoms with Crippen LogP contribution < -0.4 is 5.32 Å². The van der Waals surface area contributed by atoms with Crippen molar-refractivity contribution in [2.24, 2.45) is 5.41 Å². The predicted molar refractivity (Wildman–Crippen MR) is 88.9 cm³/mol. The molecule has 1 N–H and O–H groups in total. The largest absolute Gasteiger partial charge is 0.356 e. The molecule has 2 heteroatoms. The van der Waals surface area contributed by atoms with Crippen molar-refractivity contribution in [3.05, 3.63) is 0 Å². The highest BCUT2D eigenvalue weighted by Crippen LogP contribution is 2.37. The van der Waals surface area contributed by atoms with Gasteiger partial charge in [-0.1, -0.05) is 72.6 Å². The SMILES string of the molecule is CCCCNC(=O)C(CCCC)(CCCC)CCCC. The van der Waals surface area contributed by atoms with Gasteiger partial charge in [0.15, 0.2) is 0 Å². The molecule has 0 aliphatic heterocycles. The Morgan fingerprint density at radius 1 is 0.750 bits per heavy atom. The number of amides is 1. The van der Waals surface area contributed by atoms with E-state index in [2.05, 4.69) is 33.0 Å². The van der Waals surface area contributed by atoms with E-state index in [0.29, 0.717) is 5.91 Å². The summed E-state index contributed by atoms with van der Waals surface area (Å²) in [5, 5.41) is 3.21. The smallest absolute Gasteiger partial charge is 0.226 e. The van der Waals surface area contributed by atoms with E-state index < -0.39 is 0 Å². The second-order valence-corrected chi connectivity index (χ2v) is 6.20. The fourth-order valence-corrected chi connectivity index (χ4v) is 2.83. The average molecular weight is 283 g/mol. The Bertz CT molecular complexity index is 216. The maximum atomic E-state index is 12.7. The highest BCUT2D eigenvalue weighted by Gasteiger charge is 2.35. The van der Waals surface area contributed by atoms with Crippen LogP contribution in [-0.2, 0) is 4.79 Å². The summed E-state index contributed by atoms with van der Waals surface area (Å²) in [4.78, 5) is 12.7. The molecule has 0 spiro atoms. The van der Waals surface area contributed by atoms with E-state index in [-0.39, 0.29) is 5.41 Å². The van der Waals surface area contributed by atoms with Crippen LogP contribution in [-0.4, -0.2) is 12.5 Å². The molecular weight excluding hydrogens is 246 g/mol. The number of hydrogen-bond donors (Lipinski definition) is 1. The van der Waals surface area contributed by atoms with Crippen LogP contribution in [0.2, 0.25) is 0 Å². The highest BCUT2D eigenvalue weighted by atomic mass is 16.2. The van der Waals surface area contributed by atoms with E-state index in [4.69, 9.17) is 0 Å². The van der Waals surface area contributed by atoms with E-state index in [9.17, 15) is 4.79 Å². The first-order valence-corrected chi connectivity index (χ1v) is 8.95. The Morgan fingerprint density at radius 2 is 1.15 bits per heavy atom. The molecule has 2 nitrogen and oxygen atoms in total. The van der Waals surface area contributed by atoms with Crippen LogP contribution in [0.3, 0.4) is 0 Å². The van der Waals surface area contributed by atoms with Crippen LogP contribution in [0.1, 0.15) is 98.3 Å². The average Bonchev–Trinajstić information content (AvgIpc) is 2.47. The molecule has 120 valence electrons. The van der Waals surface area contributed by atoms with Gasteiger partial charge in [-0.15, -0.1) is 0 Å². The fourth-order valence-electron chi connectivity index (χ4n) is 2.83. The molecule has 0 aromatic carbocycles. The second-order valence-electron chi connectivity index (χ2n) is 6.20. The Morgan fingerprint density at radius 3 is 1.50 bits per heavy atom. The van der Waals surface area contributed by atoms with Gasteiger partial charge in [-0.25, -0.2) is 0 Å². The summed E-state index contributed by atoms with van der Waals surface area (Å²) in [6.45, 7) is 9.68. The van der Waals surface area contributed by atoms with Crippen molar-refractivity contribution in [1.82, 2.24) is 5.32 Å². The fraction of sp³-hybridized carbons (Fsp3) is 0.944. The molecule has 0 aliphatic rings. The van der Waals surface area contributed by atoms with Crippen LogP contribution in [0.15, 0.2) is 0 Å². The van der Waals surface area contributed by atoms with Crippen molar-refractivity contribution in [2.75, 3.05) is 6.54 Å². The van der Waals surface area contributed by atoms with Crippen LogP contribution in [0.25, 0.3) is 0 Å². The molecule has 1 amide bonds. The maximum absolute atomic E-state index is 12.7. The number of nitrogens with one attached hydrogen (secondary N) is 1. The standard InChI is InChI=1S/C18H37NO/c1-5-9-13-18(14-10-6-2,15-11-7-3)17(20)19-16-12-8-4/h5-16H2,1-4H3,(H,19,20). The first-order chi connectivity index (χ1) is 9.66. The van der Waals surface area contributed by atoms with Gasteiger partial charge in [0, 0.05) is 12.0 Å². The molecule has 0 bridgehead atoms. The van der Waals surface area contributed by atoms with Crippen LogP contribution in [0.5, 0.6) is 0 Å². The maximum Gasteiger partial charge on any atom is 0.226 e. The molecule has 0 fully saturated rings. The van der Waals surface area contributed by atoms with Gasteiger partial charge in [-0.05, 0) is 25.7 Å². The number of unbranched alkanes of at least 4 members (excludes halogenated alkanes) is 4. The number of hydrogen-bond acceptors (Lipinski definition) is 1. The first-order valence-electron chi connectivity index (χ1n) is 8.95. The molecule has 0 atom stereocenters. The number of carbonyl (C=O) groups is 1. The third kappa shape index (κ3) is 7.31. The minimum Gasteiger partial charge on any atom is -0.356 e. The zero-order valence-electron chi connectivity index (χ0n) is 14.4. The van der Waals surface area contributed by atoms with Gasteiger partial charge in [0.25, 0.3) is 0 Å². The zero-order chi connectivity index (χ0) is 15.3. The topological polar surface area (TPSA) is 29.1 Å². The molecule has 0 unspecified atom stereocenters. The van der Waals surface area contributed by atoms with Crippen LogP contribution >= 0.6 is 0 Å². The third-order valence-corrected chi connectivity index (χ3v) is 4.32. The molecule has 0 radical (unpaired) electrons. The van der Waals surface area contributed by atoms with Gasteiger partial charge in [-0.3, -0.25) is 4.79 Å². The molecule has 0 aromatic heterocycles. The monoisotopic (exact) mass is 283 g/mol. The lowest BCUT2D eigenvalue weighted by molar-refractivity contribution is -0.132. The molecular formula is C18H37NO. The summed E-state index contributed by atoms with van der Waals surface area (Å²) in [5.41, 5.74) is -0.0875. The van der Waals surface area contributed by atoms with Crippen molar-refractivity contribution in [3.8, 4) is 0 Å². The van der Waals surface area contributed by atoms with Crippen molar-refractivity contribution < 1.29 is 4.79 Å². The molecule has 0 saturated heterocycles. The van der Waals surface area contributed by atoms with E-state index in [0.717, 1.165) is 38.6 Å². The van der Waals surface area contributed by atoms with E-state index in [1.807, 2.05) is 0 Å². The molecule has 20 heavy (non-hydrogen) atoms. The summed E-state index contributed by atoms with van der Waals surface area (Å²) in [6, 6.07) is 0. The van der Waals surface area contributed by atoms with E-state index in [1.165, 1.54) is 38.5 Å². The van der Waals surface area contributed by atoms with Crippen molar-refractivity contribution in [2.45, 2.75) is 98.3 Å². The van der Waals surface area contributed by atoms with Crippen LogP contribution in [0, 0.1) is 5.41 Å². The molecule has 0 rings (SSSR count). The van der Waals surface area contributed by atoms with E-state index >= 15 is 0 Å². The number of carbonyl (C=O) groups excluding carboxylic acids is 1. The Balaban J connectivity index is 4.76. The van der Waals surface area contributed by atoms with Gasteiger partial charge < -0.3 is 5.32 Å². The summed E-state index contributed by atoms with van der Waals surface area (Å²) >= 11 is 0. The Kier molecular flexibility index (Phi) is 11.9. The predicted octanol–water partition coefficient (Wildman–Crippen LogP) is 5.46. The first kappa shape index (κ1) is 19.5. The third-order valence-electron chi connectivity index (χ3n) is 4.32. The second kappa shape index (κ2) is 12.2. The Labute approximate surface area is 127 Å². The molecule has 0 saturated carbocycles. The minimum atomic E-state index is -0.0875. The summed E-state index contributed by atoms with van der Waals surface area (Å²) < 4.78 is 0. The lowest BCUT2D eigenvalue weighted by Crippen LogP contribution is -2.41. The quantitative estimate of drug-likeness (QED) is 0.447. The lowest BCUT2D eigenvalue weighted by atomic mass is 9.73. The molecule has 0 aromatic rings. The molecule has 0 heterocycles. The minimum absolute atomic E-state index is 0.0875. The van der Waals surface area contributed by atoms with Crippen molar-refractivity contribution in [3.63, 3.8) is 0 Å². The van der Waals surface area contributed by atoms with Crippen molar-refractivity contribution >= 4 is 5.91 Å². The van der Waals surface area contributed by atoms with Crippen LogP contribution in [0.4, 0.5) is 0 Å². The van der Waals surface area contributed by atoms with Gasteiger partial charge in [0.2, 0.25) is 5.91 Å². The molecule has 0 aliphatic carbocycles. The normalized spacial score (nSPS) is 11.6. The van der Waals surface area contributed by atoms with Gasteiger partial charge in [-0.2, -0.15) is 0 Å². The lowest BCUT2D eigenvalue weighted by Gasteiger charge is -2.33. The summed E-state index contributed by atoms with van der Waals surface area (Å²) in [7, 11) is 0. The number of rotatable bonds is 13. The highest BCUT2D eigenvalue weighted by molar-refractivity contribution is 5.82. The van der Waals surface area contributed by atoms with E-state index in [1.54, 1.807) is 0 Å². The Hall–Kier alpha value is -0.530. The van der Waals surface area contributed by atoms with Gasteiger partial charge >= 0.3 is 0 Å². The van der Waals surface area contributed by atoms with Gasteiger partial charge in [0.1, 0.15) is 0 Å². The van der Waals surface area contributed by atoms with Gasteiger partial charge in [0.05, 0.1) is 0 Å². The van der Waals surface area contributed by atoms with Crippen molar-refractivity contribution in [1.29, 1.82) is 0 Å². The summed E-state index contributed by atoms with van der Waals surface area (Å²) in [5.74, 6) is 0.335.